The van der Waals surface area contributed by atoms with Gasteiger partial charge in [-0.15, -0.1) is 0 Å². The zero-order chi connectivity index (χ0) is 12.1. The molecule has 0 aliphatic carbocycles. The summed E-state index contributed by atoms with van der Waals surface area (Å²) in [6, 6.07) is 10.4. The monoisotopic (exact) mass is 294 g/mol. The molecule has 0 spiro atoms. The smallest absolute Gasteiger partial charge is 0.127 e. The third kappa shape index (κ3) is 3.82. The van der Waals surface area contributed by atoms with Gasteiger partial charge in [0, 0.05) is 17.2 Å². The second-order valence-electron chi connectivity index (χ2n) is 3.66. The number of halogens is 2. The lowest BCUT2D eigenvalue weighted by atomic mass is 10.1. The Morgan fingerprint density at radius 1 is 1.18 bits per heavy atom. The Balaban J connectivity index is 1.85. The summed E-state index contributed by atoms with van der Waals surface area (Å²) in [6.07, 6.45) is 2.58. The van der Waals surface area contributed by atoms with Crippen molar-refractivity contribution < 1.29 is 4.39 Å². The van der Waals surface area contributed by atoms with Gasteiger partial charge in [-0.1, -0.05) is 28.1 Å². The third-order valence-corrected chi connectivity index (χ3v) is 2.85. The summed E-state index contributed by atoms with van der Waals surface area (Å²) in [5.74, 6) is 0.636. The number of hydrogen-bond acceptors (Lipinski definition) is 2. The van der Waals surface area contributed by atoms with Crippen LogP contribution in [0, 0.1) is 5.82 Å². The minimum Gasteiger partial charge on any atom is -0.370 e. The Kier molecular flexibility index (Phi) is 4.09. The number of nitrogens with zero attached hydrogens (tertiary/aromatic N) is 1. The fourth-order valence-electron chi connectivity index (χ4n) is 1.49. The van der Waals surface area contributed by atoms with E-state index in [1.54, 1.807) is 18.3 Å². The molecule has 0 saturated carbocycles. The van der Waals surface area contributed by atoms with Gasteiger partial charge >= 0.3 is 0 Å². The average Bonchev–Trinajstić information content (AvgIpc) is 2.32. The van der Waals surface area contributed by atoms with E-state index in [4.69, 9.17) is 0 Å². The maximum Gasteiger partial charge on any atom is 0.127 e. The average molecular weight is 295 g/mol. The van der Waals surface area contributed by atoms with Gasteiger partial charge in [-0.2, -0.15) is 0 Å². The van der Waals surface area contributed by atoms with Crippen LogP contribution in [0.2, 0.25) is 0 Å². The SMILES string of the molecule is Fc1ccc(CCNc2cc(Br)ccn2)cc1. The Morgan fingerprint density at radius 3 is 2.65 bits per heavy atom. The van der Waals surface area contributed by atoms with Gasteiger partial charge in [0.25, 0.3) is 0 Å². The fourth-order valence-corrected chi connectivity index (χ4v) is 1.82. The Bertz CT molecular complexity index is 485. The molecule has 0 aliphatic heterocycles. The number of rotatable bonds is 4. The molecule has 2 rings (SSSR count). The van der Waals surface area contributed by atoms with E-state index in [9.17, 15) is 4.39 Å². The summed E-state index contributed by atoms with van der Waals surface area (Å²) < 4.78 is 13.7. The zero-order valence-electron chi connectivity index (χ0n) is 9.16. The number of hydrogen-bond donors (Lipinski definition) is 1. The van der Waals surface area contributed by atoms with Crippen LogP contribution in [0.3, 0.4) is 0 Å². The molecular formula is C13H12BrFN2. The van der Waals surface area contributed by atoms with Crippen LogP contribution in [-0.4, -0.2) is 11.5 Å². The van der Waals surface area contributed by atoms with Crippen molar-refractivity contribution in [2.45, 2.75) is 6.42 Å². The quantitative estimate of drug-likeness (QED) is 0.931. The molecule has 4 heteroatoms. The van der Waals surface area contributed by atoms with Crippen molar-refractivity contribution in [3.8, 4) is 0 Å². The highest BCUT2D eigenvalue weighted by atomic mass is 79.9. The van der Waals surface area contributed by atoms with Crippen LogP contribution in [0.5, 0.6) is 0 Å². The summed E-state index contributed by atoms with van der Waals surface area (Å²) in [6.45, 7) is 0.773. The lowest BCUT2D eigenvalue weighted by Crippen LogP contribution is -2.06. The van der Waals surface area contributed by atoms with E-state index < -0.39 is 0 Å². The summed E-state index contributed by atoms with van der Waals surface area (Å²) in [4.78, 5) is 4.18. The minimum absolute atomic E-state index is 0.199. The van der Waals surface area contributed by atoms with Crippen LogP contribution in [-0.2, 0) is 6.42 Å². The second kappa shape index (κ2) is 5.77. The number of anilines is 1. The highest BCUT2D eigenvalue weighted by Crippen LogP contribution is 2.12. The van der Waals surface area contributed by atoms with Gasteiger partial charge in [-0.3, -0.25) is 0 Å². The topological polar surface area (TPSA) is 24.9 Å². The van der Waals surface area contributed by atoms with Crippen LogP contribution in [0.25, 0.3) is 0 Å². The molecule has 1 N–H and O–H groups in total. The molecule has 1 aromatic carbocycles. The first-order chi connectivity index (χ1) is 8.24. The molecule has 0 aliphatic rings. The molecule has 0 bridgehead atoms. The van der Waals surface area contributed by atoms with Crippen molar-refractivity contribution in [3.63, 3.8) is 0 Å². The largest absolute Gasteiger partial charge is 0.370 e. The van der Waals surface area contributed by atoms with E-state index in [1.165, 1.54) is 12.1 Å². The summed E-state index contributed by atoms with van der Waals surface area (Å²) in [7, 11) is 0. The van der Waals surface area contributed by atoms with Gasteiger partial charge < -0.3 is 5.32 Å². The molecule has 2 nitrogen and oxygen atoms in total. The fraction of sp³-hybridized carbons (Fsp3) is 0.154. The van der Waals surface area contributed by atoms with Gasteiger partial charge in [0.2, 0.25) is 0 Å². The van der Waals surface area contributed by atoms with Crippen molar-refractivity contribution in [2.24, 2.45) is 0 Å². The molecular weight excluding hydrogens is 283 g/mol. The normalized spacial score (nSPS) is 10.2. The molecule has 0 saturated heterocycles. The van der Waals surface area contributed by atoms with E-state index in [0.29, 0.717) is 0 Å². The molecule has 2 aromatic rings. The highest BCUT2D eigenvalue weighted by Gasteiger charge is 1.96. The number of aromatic nitrogens is 1. The van der Waals surface area contributed by atoms with Crippen LogP contribution in [0.1, 0.15) is 5.56 Å². The van der Waals surface area contributed by atoms with Crippen LogP contribution in [0.15, 0.2) is 47.1 Å². The van der Waals surface area contributed by atoms with Crippen molar-refractivity contribution in [1.29, 1.82) is 0 Å². The van der Waals surface area contributed by atoms with Crippen LogP contribution in [0.4, 0.5) is 10.2 Å². The maximum atomic E-state index is 12.7. The molecule has 0 amide bonds. The van der Waals surface area contributed by atoms with E-state index in [2.05, 4.69) is 26.2 Å². The number of nitrogens with one attached hydrogen (secondary N) is 1. The summed E-state index contributed by atoms with van der Waals surface area (Å²) in [5.41, 5.74) is 1.11. The van der Waals surface area contributed by atoms with Gasteiger partial charge in [0.05, 0.1) is 0 Å². The molecule has 17 heavy (non-hydrogen) atoms. The Hall–Kier alpha value is -1.42. The predicted molar refractivity (Wildman–Crippen MR) is 70.5 cm³/mol. The summed E-state index contributed by atoms with van der Waals surface area (Å²) >= 11 is 3.39. The first-order valence-electron chi connectivity index (χ1n) is 5.34. The first-order valence-corrected chi connectivity index (χ1v) is 6.13. The van der Waals surface area contributed by atoms with Crippen molar-refractivity contribution in [2.75, 3.05) is 11.9 Å². The predicted octanol–water partition coefficient (Wildman–Crippen LogP) is 3.64. The van der Waals surface area contributed by atoms with E-state index in [1.807, 2.05) is 12.1 Å². The molecule has 88 valence electrons. The third-order valence-electron chi connectivity index (χ3n) is 2.36. The van der Waals surface area contributed by atoms with E-state index in [-0.39, 0.29) is 5.82 Å². The lowest BCUT2D eigenvalue weighted by Gasteiger charge is -2.05. The van der Waals surface area contributed by atoms with Crippen LogP contribution < -0.4 is 5.32 Å². The first kappa shape index (κ1) is 12.0. The minimum atomic E-state index is -0.199. The Labute approximate surface area is 108 Å². The zero-order valence-corrected chi connectivity index (χ0v) is 10.7. The molecule has 1 aromatic heterocycles. The molecule has 0 atom stereocenters. The number of pyridine rings is 1. The summed E-state index contributed by atoms with van der Waals surface area (Å²) in [5, 5.41) is 3.21. The highest BCUT2D eigenvalue weighted by molar-refractivity contribution is 9.10. The lowest BCUT2D eigenvalue weighted by molar-refractivity contribution is 0.627. The van der Waals surface area contributed by atoms with Crippen molar-refractivity contribution in [3.05, 3.63) is 58.4 Å². The van der Waals surface area contributed by atoms with Gasteiger partial charge in [-0.05, 0) is 36.2 Å². The number of benzene rings is 1. The second-order valence-corrected chi connectivity index (χ2v) is 4.58. The standard InChI is InChI=1S/C13H12BrFN2/c14-11-6-8-17-13(9-11)16-7-5-10-1-3-12(15)4-2-10/h1-4,6,8-9H,5,7H2,(H,16,17). The van der Waals surface area contributed by atoms with E-state index >= 15 is 0 Å². The maximum absolute atomic E-state index is 12.7. The van der Waals surface area contributed by atoms with Crippen molar-refractivity contribution >= 4 is 21.7 Å². The Morgan fingerprint density at radius 2 is 1.94 bits per heavy atom. The van der Waals surface area contributed by atoms with Gasteiger partial charge in [0.1, 0.15) is 11.6 Å². The molecule has 0 unspecified atom stereocenters. The van der Waals surface area contributed by atoms with E-state index in [0.717, 1.165) is 28.8 Å². The van der Waals surface area contributed by atoms with Crippen molar-refractivity contribution in [1.82, 2.24) is 4.98 Å². The van der Waals surface area contributed by atoms with Gasteiger partial charge in [-0.25, -0.2) is 9.37 Å². The molecule has 0 radical (unpaired) electrons. The van der Waals surface area contributed by atoms with Gasteiger partial charge in [0.15, 0.2) is 0 Å². The molecule has 0 fully saturated rings. The molecule has 1 heterocycles. The van der Waals surface area contributed by atoms with Crippen LogP contribution >= 0.6 is 15.9 Å².